The summed E-state index contributed by atoms with van der Waals surface area (Å²) in [5, 5.41) is 16.5. The van der Waals surface area contributed by atoms with Gasteiger partial charge < -0.3 is 10.4 Å². The number of hydrogen-bond acceptors (Lipinski definition) is 4. The molecule has 0 radical (unpaired) electrons. The monoisotopic (exact) mass is 450 g/mol. The van der Waals surface area contributed by atoms with Crippen LogP contribution in [0.1, 0.15) is 29.8 Å². The number of carbonyl (C=O) groups excluding carboxylic acids is 1. The number of halogens is 6. The minimum Gasteiger partial charge on any atom is -0.378 e. The summed E-state index contributed by atoms with van der Waals surface area (Å²) < 4.78 is 81.8. The van der Waals surface area contributed by atoms with Gasteiger partial charge in [0.05, 0.1) is 22.9 Å². The van der Waals surface area contributed by atoms with Gasteiger partial charge in [0.15, 0.2) is 0 Å². The van der Waals surface area contributed by atoms with Crippen molar-refractivity contribution in [3.8, 4) is 0 Å². The van der Waals surface area contributed by atoms with Crippen LogP contribution in [-0.4, -0.2) is 45.5 Å². The lowest BCUT2D eigenvalue weighted by Crippen LogP contribution is -2.37. The third kappa shape index (κ3) is 4.40. The summed E-state index contributed by atoms with van der Waals surface area (Å²) in [4.78, 5) is 14.2. The summed E-state index contributed by atoms with van der Waals surface area (Å²) in [5.41, 5.74) is -2.64. The first kappa shape index (κ1) is 23.1. The average Bonchev–Trinajstić information content (AvgIpc) is 3.14. The van der Waals surface area contributed by atoms with Crippen LogP contribution in [0.2, 0.25) is 0 Å². The van der Waals surface area contributed by atoms with Crippen LogP contribution in [-0.2, 0) is 23.9 Å². The zero-order valence-corrected chi connectivity index (χ0v) is 16.7. The van der Waals surface area contributed by atoms with Gasteiger partial charge in [0.25, 0.3) is 5.92 Å². The van der Waals surface area contributed by atoms with Gasteiger partial charge in [0.2, 0.25) is 5.91 Å². The molecule has 3 rings (SSSR count). The normalized spacial score (nSPS) is 22.7. The number of likely N-dealkylation sites (N-methyl/N-ethyl adjacent to an activating group) is 1. The highest BCUT2D eigenvalue weighted by molar-refractivity contribution is 5.94. The number of aliphatic hydroxyl groups is 1. The fourth-order valence-electron chi connectivity index (χ4n) is 3.84. The van der Waals surface area contributed by atoms with E-state index in [-0.39, 0.29) is 12.2 Å². The molecule has 2 heterocycles. The number of alkyl halides is 5. The predicted molar refractivity (Wildman–Crippen MR) is 97.7 cm³/mol. The molecule has 170 valence electrons. The third-order valence-corrected chi connectivity index (χ3v) is 5.27. The summed E-state index contributed by atoms with van der Waals surface area (Å²) >= 11 is 0. The molecule has 12 heteroatoms. The molecule has 1 saturated heterocycles. The van der Waals surface area contributed by atoms with Crippen LogP contribution in [0.25, 0.3) is 0 Å². The summed E-state index contributed by atoms with van der Waals surface area (Å²) in [5.74, 6) is -8.08. The Morgan fingerprint density at radius 1 is 1.23 bits per heavy atom. The van der Waals surface area contributed by atoms with Crippen LogP contribution in [0, 0.1) is 11.7 Å². The molecule has 0 spiro atoms. The van der Waals surface area contributed by atoms with Gasteiger partial charge in [-0.3, -0.25) is 14.4 Å². The molecule has 1 aliphatic rings. The van der Waals surface area contributed by atoms with E-state index in [1.165, 1.54) is 11.9 Å². The van der Waals surface area contributed by atoms with E-state index in [1.807, 2.05) is 0 Å². The van der Waals surface area contributed by atoms with Gasteiger partial charge in [-0.25, -0.2) is 13.2 Å². The quantitative estimate of drug-likeness (QED) is 0.702. The van der Waals surface area contributed by atoms with Crippen molar-refractivity contribution in [1.82, 2.24) is 14.7 Å². The Hall–Kier alpha value is -2.60. The second-order valence-electron chi connectivity index (χ2n) is 7.60. The second kappa shape index (κ2) is 7.83. The smallest absolute Gasteiger partial charge is 0.378 e. The van der Waals surface area contributed by atoms with Crippen molar-refractivity contribution in [3.05, 3.63) is 47.0 Å². The highest BCUT2D eigenvalue weighted by atomic mass is 19.4. The van der Waals surface area contributed by atoms with E-state index in [9.17, 15) is 36.2 Å². The number of aliphatic hydroxyl groups excluding tert-OH is 1. The molecule has 1 aliphatic heterocycles. The highest BCUT2D eigenvalue weighted by Crippen LogP contribution is 2.40. The number of aromatic nitrogens is 2. The van der Waals surface area contributed by atoms with E-state index >= 15 is 0 Å². The van der Waals surface area contributed by atoms with Crippen LogP contribution < -0.4 is 5.32 Å². The topological polar surface area (TPSA) is 70.4 Å². The minimum atomic E-state index is -4.68. The molecule has 1 unspecified atom stereocenters. The Morgan fingerprint density at radius 2 is 1.87 bits per heavy atom. The van der Waals surface area contributed by atoms with Crippen molar-refractivity contribution in [2.75, 3.05) is 18.9 Å². The molecule has 6 nitrogen and oxygen atoms in total. The van der Waals surface area contributed by atoms with E-state index in [1.54, 1.807) is 0 Å². The standard InChI is InChI=1S/C19H20F6N4O2/c1-18(21,22)15-10(20)5-4-6-11(15)26-16(30)14-9(8-28(2)17(14)31)12-7-13(19(23,24)25)29(3)27-12/h4-7,9,14,17,31H,8H2,1-3H3,(H,26,30)/t9-,14+,17?/m1/s1. The maximum atomic E-state index is 14.0. The number of benzene rings is 1. The lowest BCUT2D eigenvalue weighted by atomic mass is 9.90. The maximum Gasteiger partial charge on any atom is 0.433 e. The van der Waals surface area contributed by atoms with Crippen molar-refractivity contribution in [2.24, 2.45) is 13.0 Å². The number of carbonyl (C=O) groups is 1. The third-order valence-electron chi connectivity index (χ3n) is 5.27. The number of nitrogens with one attached hydrogen (secondary N) is 1. The van der Waals surface area contributed by atoms with Crippen LogP contribution in [0.15, 0.2) is 24.3 Å². The molecule has 0 aliphatic carbocycles. The first-order valence-electron chi connectivity index (χ1n) is 9.19. The summed E-state index contributed by atoms with van der Waals surface area (Å²) in [6.07, 6.45) is -6.09. The zero-order chi connectivity index (χ0) is 23.3. The van der Waals surface area contributed by atoms with Crippen LogP contribution in [0.4, 0.5) is 32.0 Å². The van der Waals surface area contributed by atoms with Crippen molar-refractivity contribution in [3.63, 3.8) is 0 Å². The molecule has 0 bridgehead atoms. The number of hydrogen-bond donors (Lipinski definition) is 2. The molecule has 2 aromatic rings. The van der Waals surface area contributed by atoms with E-state index in [4.69, 9.17) is 0 Å². The Kier molecular flexibility index (Phi) is 5.82. The van der Waals surface area contributed by atoms with Crippen molar-refractivity contribution in [1.29, 1.82) is 0 Å². The number of nitrogens with zero attached hydrogens (tertiary/aromatic N) is 3. The number of aryl methyl sites for hydroxylation is 1. The molecule has 2 N–H and O–H groups in total. The zero-order valence-electron chi connectivity index (χ0n) is 16.7. The molecule has 31 heavy (non-hydrogen) atoms. The summed E-state index contributed by atoms with van der Waals surface area (Å²) in [6.45, 7) is 0.460. The van der Waals surface area contributed by atoms with Gasteiger partial charge in [0, 0.05) is 26.4 Å². The first-order valence-corrected chi connectivity index (χ1v) is 9.19. The average molecular weight is 450 g/mol. The molecular weight excluding hydrogens is 430 g/mol. The fourth-order valence-corrected chi connectivity index (χ4v) is 3.84. The molecule has 1 amide bonds. The summed E-state index contributed by atoms with van der Waals surface area (Å²) in [7, 11) is 2.55. The molecule has 1 aromatic carbocycles. The Bertz CT molecular complexity index is 985. The molecule has 3 atom stereocenters. The SMILES string of the molecule is CN1C[C@H](c2cc(C(F)(F)F)n(C)n2)[C@@H](C(=O)Nc2cccc(F)c2C(C)(F)F)C1O. The minimum absolute atomic E-state index is 0.00644. The fraction of sp³-hybridized carbons (Fsp3) is 0.474. The Morgan fingerprint density at radius 3 is 2.42 bits per heavy atom. The number of rotatable bonds is 4. The van der Waals surface area contributed by atoms with Crippen LogP contribution in [0.3, 0.4) is 0 Å². The molecular formula is C19H20F6N4O2. The van der Waals surface area contributed by atoms with Gasteiger partial charge in [-0.2, -0.15) is 18.3 Å². The maximum absolute atomic E-state index is 14.0. The number of amides is 1. The second-order valence-corrected chi connectivity index (χ2v) is 7.60. The number of anilines is 1. The van der Waals surface area contributed by atoms with Crippen LogP contribution in [0.5, 0.6) is 0 Å². The largest absolute Gasteiger partial charge is 0.433 e. The van der Waals surface area contributed by atoms with E-state index in [0.29, 0.717) is 11.6 Å². The van der Waals surface area contributed by atoms with Gasteiger partial charge in [-0.15, -0.1) is 0 Å². The van der Waals surface area contributed by atoms with E-state index in [0.717, 1.165) is 31.3 Å². The highest BCUT2D eigenvalue weighted by Gasteiger charge is 2.47. The van der Waals surface area contributed by atoms with Gasteiger partial charge >= 0.3 is 6.18 Å². The van der Waals surface area contributed by atoms with Crippen molar-refractivity contribution in [2.45, 2.75) is 31.2 Å². The first-order chi connectivity index (χ1) is 14.2. The number of likely N-dealkylation sites (tertiary alicyclic amines) is 1. The Balaban J connectivity index is 1.96. The van der Waals surface area contributed by atoms with Crippen molar-refractivity contribution >= 4 is 11.6 Å². The van der Waals surface area contributed by atoms with Gasteiger partial charge in [-0.05, 0) is 25.2 Å². The van der Waals surface area contributed by atoms with Crippen LogP contribution >= 0.6 is 0 Å². The molecule has 1 aromatic heterocycles. The van der Waals surface area contributed by atoms with Gasteiger partial charge in [-0.1, -0.05) is 6.07 Å². The Labute approximate surface area is 173 Å². The van der Waals surface area contributed by atoms with Crippen molar-refractivity contribution < 1.29 is 36.2 Å². The van der Waals surface area contributed by atoms with E-state index in [2.05, 4.69) is 10.4 Å². The predicted octanol–water partition coefficient (Wildman–Crippen LogP) is 3.29. The lowest BCUT2D eigenvalue weighted by molar-refractivity contribution is -0.143. The van der Waals surface area contributed by atoms with Gasteiger partial charge in [0.1, 0.15) is 17.7 Å². The molecule has 1 fully saturated rings. The lowest BCUT2D eigenvalue weighted by Gasteiger charge is -2.23. The summed E-state index contributed by atoms with van der Waals surface area (Å²) in [6, 6.07) is 3.81. The molecule has 0 saturated carbocycles. The van der Waals surface area contributed by atoms with E-state index < -0.39 is 58.8 Å².